The molecule has 22 heavy (non-hydrogen) atoms. The average molecular weight is 310 g/mol. The van der Waals surface area contributed by atoms with Crippen LogP contribution in [0.15, 0.2) is 30.3 Å². The van der Waals surface area contributed by atoms with Gasteiger partial charge in [0.05, 0.1) is 5.56 Å². The second kappa shape index (κ2) is 7.35. The number of rotatable bonds is 5. The maximum absolute atomic E-state index is 11.8. The largest absolute Gasteiger partial charge is 0.463 e. The van der Waals surface area contributed by atoms with Gasteiger partial charge in [-0.25, -0.2) is 4.79 Å². The van der Waals surface area contributed by atoms with E-state index in [4.69, 9.17) is 14.2 Å². The van der Waals surface area contributed by atoms with E-state index in [0.29, 0.717) is 5.56 Å². The molecule has 0 saturated carbocycles. The van der Waals surface area contributed by atoms with Crippen LogP contribution >= 0.6 is 0 Å². The Morgan fingerprint density at radius 2 is 1.59 bits per heavy atom. The van der Waals surface area contributed by atoms with Gasteiger partial charge in [-0.1, -0.05) is 18.2 Å². The summed E-state index contributed by atoms with van der Waals surface area (Å²) >= 11 is 0. The molecular weight excluding hydrogens is 292 g/mol. The normalized spacial score (nSPS) is 27.4. The van der Waals surface area contributed by atoms with E-state index in [1.165, 1.54) is 6.92 Å². The van der Waals surface area contributed by atoms with E-state index >= 15 is 0 Å². The van der Waals surface area contributed by atoms with Crippen molar-refractivity contribution in [2.75, 3.05) is 13.2 Å². The molecule has 0 unspecified atom stereocenters. The summed E-state index contributed by atoms with van der Waals surface area (Å²) < 4.78 is 15.2. The lowest BCUT2D eigenvalue weighted by Crippen LogP contribution is -2.36. The van der Waals surface area contributed by atoms with Gasteiger partial charge in [-0.2, -0.15) is 0 Å². The monoisotopic (exact) mass is 310 g/mol. The molecule has 7 heteroatoms. The summed E-state index contributed by atoms with van der Waals surface area (Å²) in [6, 6.07) is 8.39. The van der Waals surface area contributed by atoms with Crippen LogP contribution in [0.1, 0.15) is 17.3 Å². The average Bonchev–Trinajstić information content (AvgIpc) is 2.79. The fourth-order valence-electron chi connectivity index (χ4n) is 2.12. The standard InChI is InChI=1S/C15H18O7/c1-9(16)20-7-11-13(17)14(18)12(22-11)8-21-15(19)10-5-3-2-4-6-10/h2-6,11-14,17-18H,7-8H2,1H3/t11-,12-,13-,14-/m1/s1. The molecule has 0 amide bonds. The zero-order valence-electron chi connectivity index (χ0n) is 12.0. The van der Waals surface area contributed by atoms with Gasteiger partial charge in [0, 0.05) is 6.92 Å². The summed E-state index contributed by atoms with van der Waals surface area (Å²) in [5, 5.41) is 19.7. The van der Waals surface area contributed by atoms with Crippen LogP contribution in [-0.2, 0) is 19.0 Å². The molecule has 0 bridgehead atoms. The van der Waals surface area contributed by atoms with E-state index in [1.807, 2.05) is 0 Å². The summed E-state index contributed by atoms with van der Waals surface area (Å²) in [5.74, 6) is -1.06. The van der Waals surface area contributed by atoms with E-state index in [9.17, 15) is 19.8 Å². The third-order valence-corrected chi connectivity index (χ3v) is 3.30. The SMILES string of the molecule is CC(=O)OC[C@H]1O[C@H](COC(=O)c2ccccc2)[C@@H](O)[C@@H]1O. The highest BCUT2D eigenvalue weighted by Crippen LogP contribution is 2.22. The lowest BCUT2D eigenvalue weighted by atomic mass is 10.1. The van der Waals surface area contributed by atoms with Crippen molar-refractivity contribution < 1.29 is 34.0 Å². The lowest BCUT2D eigenvalue weighted by molar-refractivity contribution is -0.146. The van der Waals surface area contributed by atoms with Crippen LogP contribution in [-0.4, -0.2) is 59.8 Å². The Morgan fingerprint density at radius 3 is 2.14 bits per heavy atom. The zero-order valence-corrected chi connectivity index (χ0v) is 12.0. The first-order valence-electron chi connectivity index (χ1n) is 6.86. The Hall–Kier alpha value is -1.96. The van der Waals surface area contributed by atoms with Crippen LogP contribution in [0, 0.1) is 0 Å². The fraction of sp³-hybridized carbons (Fsp3) is 0.467. The molecule has 1 aromatic rings. The molecule has 1 fully saturated rings. The predicted molar refractivity (Wildman–Crippen MR) is 74.0 cm³/mol. The number of hydrogen-bond acceptors (Lipinski definition) is 7. The Balaban J connectivity index is 1.85. The van der Waals surface area contributed by atoms with E-state index in [-0.39, 0.29) is 13.2 Å². The molecule has 0 aliphatic carbocycles. The molecule has 7 nitrogen and oxygen atoms in total. The molecular formula is C15H18O7. The van der Waals surface area contributed by atoms with E-state index in [0.717, 1.165) is 0 Å². The first-order chi connectivity index (χ1) is 10.5. The number of esters is 2. The van der Waals surface area contributed by atoms with Gasteiger partial charge >= 0.3 is 11.9 Å². The fourth-order valence-corrected chi connectivity index (χ4v) is 2.12. The predicted octanol–water partition coefficient (Wildman–Crippen LogP) is -0.104. The third kappa shape index (κ3) is 4.03. The zero-order chi connectivity index (χ0) is 16.1. The van der Waals surface area contributed by atoms with E-state index < -0.39 is 36.4 Å². The summed E-state index contributed by atoms with van der Waals surface area (Å²) in [6.07, 6.45) is -4.15. The van der Waals surface area contributed by atoms with Crippen molar-refractivity contribution in [1.29, 1.82) is 0 Å². The number of ether oxygens (including phenoxy) is 3. The third-order valence-electron chi connectivity index (χ3n) is 3.30. The highest BCUT2D eigenvalue weighted by atomic mass is 16.6. The van der Waals surface area contributed by atoms with Crippen molar-refractivity contribution in [2.45, 2.75) is 31.3 Å². The van der Waals surface area contributed by atoms with Crippen molar-refractivity contribution >= 4 is 11.9 Å². The number of aliphatic hydroxyl groups excluding tert-OH is 2. The maximum atomic E-state index is 11.8. The Morgan fingerprint density at radius 1 is 1.05 bits per heavy atom. The van der Waals surface area contributed by atoms with Crippen molar-refractivity contribution in [3.63, 3.8) is 0 Å². The molecule has 1 aromatic carbocycles. The van der Waals surface area contributed by atoms with Crippen molar-refractivity contribution in [2.24, 2.45) is 0 Å². The molecule has 0 radical (unpaired) electrons. The molecule has 4 atom stereocenters. The second-order valence-corrected chi connectivity index (χ2v) is 4.96. The number of carbonyl (C=O) groups excluding carboxylic acids is 2. The molecule has 1 saturated heterocycles. The highest BCUT2D eigenvalue weighted by molar-refractivity contribution is 5.89. The van der Waals surface area contributed by atoms with Gasteiger partial charge in [-0.3, -0.25) is 4.79 Å². The van der Waals surface area contributed by atoms with Crippen LogP contribution in [0.4, 0.5) is 0 Å². The van der Waals surface area contributed by atoms with Crippen molar-refractivity contribution in [1.82, 2.24) is 0 Å². The topological polar surface area (TPSA) is 102 Å². The number of benzene rings is 1. The van der Waals surface area contributed by atoms with Gasteiger partial charge in [0.1, 0.15) is 37.6 Å². The smallest absolute Gasteiger partial charge is 0.338 e. The van der Waals surface area contributed by atoms with Crippen molar-refractivity contribution in [3.05, 3.63) is 35.9 Å². The van der Waals surface area contributed by atoms with Gasteiger partial charge in [-0.15, -0.1) is 0 Å². The molecule has 0 aromatic heterocycles. The van der Waals surface area contributed by atoms with Gasteiger partial charge in [0.15, 0.2) is 0 Å². The molecule has 1 heterocycles. The number of hydrogen-bond donors (Lipinski definition) is 2. The molecule has 2 rings (SSSR count). The summed E-state index contributed by atoms with van der Waals surface area (Å²) in [7, 11) is 0. The number of carbonyl (C=O) groups is 2. The van der Waals surface area contributed by atoms with Gasteiger partial charge in [-0.05, 0) is 12.1 Å². The second-order valence-electron chi connectivity index (χ2n) is 4.96. The number of aliphatic hydroxyl groups is 2. The van der Waals surface area contributed by atoms with E-state index in [1.54, 1.807) is 30.3 Å². The summed E-state index contributed by atoms with van der Waals surface area (Å²) in [5.41, 5.74) is 0.381. The quantitative estimate of drug-likeness (QED) is 0.732. The summed E-state index contributed by atoms with van der Waals surface area (Å²) in [4.78, 5) is 22.5. The van der Waals surface area contributed by atoms with E-state index in [2.05, 4.69) is 0 Å². The first-order valence-corrected chi connectivity index (χ1v) is 6.86. The van der Waals surface area contributed by atoms with Crippen LogP contribution < -0.4 is 0 Å². The molecule has 0 spiro atoms. The summed E-state index contributed by atoms with van der Waals surface area (Å²) in [6.45, 7) is 0.857. The maximum Gasteiger partial charge on any atom is 0.338 e. The molecule has 1 aliphatic heterocycles. The van der Waals surface area contributed by atoms with Crippen LogP contribution in [0.25, 0.3) is 0 Å². The Labute approximate surface area is 127 Å². The first kappa shape index (κ1) is 16.4. The minimum absolute atomic E-state index is 0.170. The minimum atomic E-state index is -1.22. The van der Waals surface area contributed by atoms with Crippen LogP contribution in [0.3, 0.4) is 0 Å². The minimum Gasteiger partial charge on any atom is -0.463 e. The van der Waals surface area contributed by atoms with Gasteiger partial charge in [0.2, 0.25) is 0 Å². The molecule has 120 valence electrons. The Kier molecular flexibility index (Phi) is 5.48. The van der Waals surface area contributed by atoms with Crippen LogP contribution in [0.2, 0.25) is 0 Å². The van der Waals surface area contributed by atoms with Gasteiger partial charge in [0.25, 0.3) is 0 Å². The lowest BCUT2D eigenvalue weighted by Gasteiger charge is -2.14. The van der Waals surface area contributed by atoms with Gasteiger partial charge < -0.3 is 24.4 Å². The van der Waals surface area contributed by atoms with Crippen LogP contribution in [0.5, 0.6) is 0 Å². The molecule has 2 N–H and O–H groups in total. The Bertz CT molecular complexity index is 516. The highest BCUT2D eigenvalue weighted by Gasteiger charge is 2.43. The molecule has 1 aliphatic rings. The van der Waals surface area contributed by atoms with Crippen molar-refractivity contribution in [3.8, 4) is 0 Å².